The Morgan fingerprint density at radius 3 is 2.69 bits per heavy atom. The molecule has 0 saturated carbocycles. The lowest BCUT2D eigenvalue weighted by Gasteiger charge is -2.27. The standard InChI is InChI=1S/C27H27N3O4S/c1-17-6-8-18(9-7-17)21-15-35-26-25(21)27(32)29(16-28-26)14-24(31)30-12-4-5-22(30)20-13-19(33-2)10-11-23(20)34-3/h6-11,13,15-16,22H,4-5,12,14H2,1-3H3. The minimum absolute atomic E-state index is 0.0618. The van der Waals surface area contributed by atoms with Crippen molar-refractivity contribution < 1.29 is 14.3 Å². The van der Waals surface area contributed by atoms with Gasteiger partial charge in [0, 0.05) is 23.1 Å². The number of rotatable bonds is 6. The van der Waals surface area contributed by atoms with Crippen molar-refractivity contribution in [3.8, 4) is 22.6 Å². The van der Waals surface area contributed by atoms with E-state index in [2.05, 4.69) is 4.98 Å². The average Bonchev–Trinajstić information content (AvgIpc) is 3.54. The maximum absolute atomic E-state index is 13.5. The highest BCUT2D eigenvalue weighted by molar-refractivity contribution is 7.17. The van der Waals surface area contributed by atoms with Crippen LogP contribution in [0.3, 0.4) is 0 Å². The predicted molar refractivity (Wildman–Crippen MR) is 137 cm³/mol. The van der Waals surface area contributed by atoms with E-state index in [4.69, 9.17) is 9.47 Å². The Morgan fingerprint density at radius 1 is 1.14 bits per heavy atom. The van der Waals surface area contributed by atoms with Crippen LogP contribution >= 0.6 is 11.3 Å². The summed E-state index contributed by atoms with van der Waals surface area (Å²) in [5, 5.41) is 2.52. The molecule has 0 spiro atoms. The summed E-state index contributed by atoms with van der Waals surface area (Å²) in [4.78, 5) is 33.9. The first kappa shape index (κ1) is 23.1. The fraction of sp³-hybridized carbons (Fsp3) is 0.296. The monoisotopic (exact) mass is 489 g/mol. The summed E-state index contributed by atoms with van der Waals surface area (Å²) < 4.78 is 12.4. The smallest absolute Gasteiger partial charge is 0.263 e. The first-order valence-corrected chi connectivity index (χ1v) is 12.4. The lowest BCUT2D eigenvalue weighted by atomic mass is 10.0. The molecule has 180 valence electrons. The molecule has 35 heavy (non-hydrogen) atoms. The Labute approximate surface area is 207 Å². The number of benzene rings is 2. The second kappa shape index (κ2) is 9.54. The molecule has 5 rings (SSSR count). The molecule has 1 aliphatic heterocycles. The van der Waals surface area contributed by atoms with Crippen LogP contribution in [0.25, 0.3) is 21.3 Å². The van der Waals surface area contributed by atoms with E-state index in [1.165, 1.54) is 22.2 Å². The molecule has 1 atom stereocenters. The molecule has 1 amide bonds. The number of carbonyl (C=O) groups excluding carboxylic acids is 1. The topological polar surface area (TPSA) is 73.7 Å². The van der Waals surface area contributed by atoms with Gasteiger partial charge in [0.2, 0.25) is 5.91 Å². The molecule has 0 radical (unpaired) electrons. The molecule has 1 fully saturated rings. The van der Waals surface area contributed by atoms with Crippen LogP contribution in [0.4, 0.5) is 0 Å². The Hall–Kier alpha value is -3.65. The number of aryl methyl sites for hydroxylation is 1. The Morgan fingerprint density at radius 2 is 1.94 bits per heavy atom. The zero-order valence-electron chi connectivity index (χ0n) is 20.0. The lowest BCUT2D eigenvalue weighted by Crippen LogP contribution is -2.36. The summed E-state index contributed by atoms with van der Waals surface area (Å²) in [7, 11) is 3.24. The van der Waals surface area contributed by atoms with Crippen molar-refractivity contribution in [1.29, 1.82) is 0 Å². The van der Waals surface area contributed by atoms with Crippen LogP contribution in [0.15, 0.2) is 59.0 Å². The van der Waals surface area contributed by atoms with Crippen molar-refractivity contribution >= 4 is 27.5 Å². The molecule has 8 heteroatoms. The summed E-state index contributed by atoms with van der Waals surface area (Å²) in [5.74, 6) is 1.32. The van der Waals surface area contributed by atoms with Gasteiger partial charge in [-0.1, -0.05) is 29.8 Å². The molecule has 7 nitrogen and oxygen atoms in total. The Balaban J connectivity index is 1.46. The fourth-order valence-corrected chi connectivity index (χ4v) is 5.66. The molecule has 1 aliphatic rings. The third-order valence-electron chi connectivity index (χ3n) is 6.60. The van der Waals surface area contributed by atoms with Gasteiger partial charge in [-0.05, 0) is 43.5 Å². The molecule has 0 bridgehead atoms. The van der Waals surface area contributed by atoms with E-state index in [-0.39, 0.29) is 24.1 Å². The molecule has 4 aromatic rings. The van der Waals surface area contributed by atoms with Gasteiger partial charge in [0.15, 0.2) is 0 Å². The number of thiophene rings is 1. The minimum atomic E-state index is -0.199. The van der Waals surface area contributed by atoms with E-state index in [1.807, 2.05) is 59.7 Å². The van der Waals surface area contributed by atoms with Gasteiger partial charge >= 0.3 is 0 Å². The van der Waals surface area contributed by atoms with E-state index in [0.29, 0.717) is 22.5 Å². The van der Waals surface area contributed by atoms with Crippen molar-refractivity contribution in [3.05, 3.63) is 75.7 Å². The number of likely N-dealkylation sites (tertiary alicyclic amines) is 1. The highest BCUT2D eigenvalue weighted by atomic mass is 32.1. The summed E-state index contributed by atoms with van der Waals surface area (Å²) in [6, 6.07) is 13.6. The fourth-order valence-electron chi connectivity index (χ4n) is 4.75. The molecule has 1 saturated heterocycles. The highest BCUT2D eigenvalue weighted by Gasteiger charge is 2.32. The number of methoxy groups -OCH3 is 2. The van der Waals surface area contributed by atoms with Crippen LogP contribution in [0, 0.1) is 6.92 Å². The maximum atomic E-state index is 13.5. The van der Waals surface area contributed by atoms with Gasteiger partial charge in [0.25, 0.3) is 5.56 Å². The zero-order chi connectivity index (χ0) is 24.5. The summed E-state index contributed by atoms with van der Waals surface area (Å²) >= 11 is 1.44. The van der Waals surface area contributed by atoms with Gasteiger partial charge in [-0.25, -0.2) is 4.98 Å². The van der Waals surface area contributed by atoms with E-state index in [0.717, 1.165) is 40.8 Å². The normalized spacial score (nSPS) is 15.5. The second-order valence-electron chi connectivity index (χ2n) is 8.73. The van der Waals surface area contributed by atoms with Gasteiger partial charge in [0.05, 0.1) is 32.0 Å². The van der Waals surface area contributed by atoms with E-state index in [9.17, 15) is 9.59 Å². The molecular weight excluding hydrogens is 462 g/mol. The number of amides is 1. The number of carbonyl (C=O) groups is 1. The van der Waals surface area contributed by atoms with Crippen molar-refractivity contribution in [2.24, 2.45) is 0 Å². The first-order valence-electron chi connectivity index (χ1n) is 11.5. The quantitative estimate of drug-likeness (QED) is 0.388. The summed E-state index contributed by atoms with van der Waals surface area (Å²) in [6.45, 7) is 2.59. The first-order chi connectivity index (χ1) is 17.0. The van der Waals surface area contributed by atoms with Crippen LogP contribution < -0.4 is 15.0 Å². The largest absolute Gasteiger partial charge is 0.497 e. The van der Waals surface area contributed by atoms with Gasteiger partial charge in [-0.3, -0.25) is 14.2 Å². The summed E-state index contributed by atoms with van der Waals surface area (Å²) in [5.41, 5.74) is 3.69. The zero-order valence-corrected chi connectivity index (χ0v) is 20.8. The van der Waals surface area contributed by atoms with Crippen molar-refractivity contribution in [2.45, 2.75) is 32.4 Å². The predicted octanol–water partition coefficient (Wildman–Crippen LogP) is 4.81. The molecule has 3 heterocycles. The van der Waals surface area contributed by atoms with Gasteiger partial charge in [-0.15, -0.1) is 11.3 Å². The number of hydrogen-bond donors (Lipinski definition) is 0. The van der Waals surface area contributed by atoms with E-state index < -0.39 is 0 Å². The number of aromatic nitrogens is 2. The van der Waals surface area contributed by atoms with Crippen molar-refractivity contribution in [1.82, 2.24) is 14.5 Å². The SMILES string of the molecule is COc1ccc(OC)c(C2CCCN2C(=O)Cn2cnc3scc(-c4ccc(C)cc4)c3c2=O)c1. The van der Waals surface area contributed by atoms with Gasteiger partial charge < -0.3 is 14.4 Å². The van der Waals surface area contributed by atoms with Crippen LogP contribution in [0.1, 0.15) is 30.0 Å². The lowest BCUT2D eigenvalue weighted by molar-refractivity contribution is -0.132. The number of nitrogens with zero attached hydrogens (tertiary/aromatic N) is 3. The average molecular weight is 490 g/mol. The highest BCUT2D eigenvalue weighted by Crippen LogP contribution is 2.39. The third kappa shape index (κ3) is 4.30. The third-order valence-corrected chi connectivity index (χ3v) is 7.48. The number of hydrogen-bond acceptors (Lipinski definition) is 6. The van der Waals surface area contributed by atoms with Gasteiger partial charge in [-0.2, -0.15) is 0 Å². The molecule has 2 aromatic carbocycles. The van der Waals surface area contributed by atoms with E-state index in [1.54, 1.807) is 14.2 Å². The summed E-state index contributed by atoms with van der Waals surface area (Å²) in [6.07, 6.45) is 3.18. The van der Waals surface area contributed by atoms with Crippen molar-refractivity contribution in [2.75, 3.05) is 20.8 Å². The molecule has 0 aliphatic carbocycles. The molecule has 1 unspecified atom stereocenters. The maximum Gasteiger partial charge on any atom is 0.263 e. The molecule has 0 N–H and O–H groups in total. The van der Waals surface area contributed by atoms with Crippen LogP contribution in [-0.2, 0) is 11.3 Å². The molecular formula is C27H27N3O4S. The minimum Gasteiger partial charge on any atom is -0.497 e. The molecule has 2 aromatic heterocycles. The van der Waals surface area contributed by atoms with Crippen LogP contribution in [0.2, 0.25) is 0 Å². The Kier molecular flexibility index (Phi) is 6.30. The number of ether oxygens (including phenoxy) is 2. The Bertz CT molecular complexity index is 1440. The van der Waals surface area contributed by atoms with E-state index >= 15 is 0 Å². The van der Waals surface area contributed by atoms with Crippen molar-refractivity contribution in [3.63, 3.8) is 0 Å². The van der Waals surface area contributed by atoms with Gasteiger partial charge in [0.1, 0.15) is 22.9 Å². The number of fused-ring (bicyclic) bond motifs is 1. The second-order valence-corrected chi connectivity index (χ2v) is 9.58. The van der Waals surface area contributed by atoms with Crippen LogP contribution in [0.5, 0.6) is 11.5 Å². The van der Waals surface area contributed by atoms with Crippen LogP contribution in [-0.4, -0.2) is 41.1 Å².